The van der Waals surface area contributed by atoms with E-state index in [0.29, 0.717) is 25.1 Å². The van der Waals surface area contributed by atoms with Gasteiger partial charge in [-0.25, -0.2) is 0 Å². The summed E-state index contributed by atoms with van der Waals surface area (Å²) >= 11 is 0. The molecule has 1 heterocycles. The maximum atomic E-state index is 12.5. The van der Waals surface area contributed by atoms with Crippen LogP contribution in [0, 0.1) is 6.92 Å². The molecule has 3 rings (SSSR count). The molecule has 0 unspecified atom stereocenters. The molecule has 1 saturated heterocycles. The fourth-order valence-electron chi connectivity index (χ4n) is 3.01. The van der Waals surface area contributed by atoms with Crippen molar-refractivity contribution >= 4 is 5.91 Å². The lowest BCUT2D eigenvalue weighted by Gasteiger charge is -2.39. The largest absolute Gasteiger partial charge is 0.487 e. The van der Waals surface area contributed by atoms with E-state index < -0.39 is 5.60 Å². The van der Waals surface area contributed by atoms with Crippen LogP contribution < -0.4 is 4.74 Å². The van der Waals surface area contributed by atoms with E-state index in [1.165, 1.54) is 5.56 Å². The van der Waals surface area contributed by atoms with Gasteiger partial charge in [-0.2, -0.15) is 0 Å². The number of carbonyl (C=O) groups is 1. The standard InChI is InChI=1S/C22H27NO3/c1-16-5-4-6-19(13-16)26-20-14-23(15-20)21(24)18-9-7-17(8-10-18)11-12-22(2,3)25/h4-10,13,20,25H,11-12,14-15H2,1-3H3. The molecule has 1 amide bonds. The van der Waals surface area contributed by atoms with Gasteiger partial charge in [-0.3, -0.25) is 4.79 Å². The van der Waals surface area contributed by atoms with E-state index >= 15 is 0 Å². The van der Waals surface area contributed by atoms with Crippen LogP contribution in [0.4, 0.5) is 0 Å². The summed E-state index contributed by atoms with van der Waals surface area (Å²) in [6.07, 6.45) is 1.56. The average molecular weight is 353 g/mol. The third-order valence-corrected chi connectivity index (χ3v) is 4.65. The highest BCUT2D eigenvalue weighted by molar-refractivity contribution is 5.94. The third-order valence-electron chi connectivity index (χ3n) is 4.65. The molecular weight excluding hydrogens is 326 g/mol. The van der Waals surface area contributed by atoms with Crippen molar-refractivity contribution in [2.75, 3.05) is 13.1 Å². The SMILES string of the molecule is Cc1cccc(OC2CN(C(=O)c3ccc(CCC(C)(C)O)cc3)C2)c1. The van der Waals surface area contributed by atoms with E-state index in [1.807, 2.05) is 74.2 Å². The van der Waals surface area contributed by atoms with Gasteiger partial charge in [0.15, 0.2) is 0 Å². The Labute approximate surface area is 155 Å². The van der Waals surface area contributed by atoms with Gasteiger partial charge in [0, 0.05) is 5.56 Å². The van der Waals surface area contributed by atoms with Crippen molar-refractivity contribution in [2.45, 2.75) is 45.3 Å². The first-order chi connectivity index (χ1) is 12.3. The van der Waals surface area contributed by atoms with Gasteiger partial charge in [0.2, 0.25) is 0 Å². The first-order valence-corrected chi connectivity index (χ1v) is 9.14. The van der Waals surface area contributed by atoms with Crippen LogP contribution in [0.3, 0.4) is 0 Å². The molecule has 0 saturated carbocycles. The van der Waals surface area contributed by atoms with E-state index in [-0.39, 0.29) is 12.0 Å². The van der Waals surface area contributed by atoms with E-state index in [0.717, 1.165) is 17.7 Å². The van der Waals surface area contributed by atoms with Gasteiger partial charge in [0.1, 0.15) is 11.9 Å². The zero-order valence-corrected chi connectivity index (χ0v) is 15.7. The Morgan fingerprint density at radius 2 is 1.88 bits per heavy atom. The highest BCUT2D eigenvalue weighted by atomic mass is 16.5. The fraction of sp³-hybridized carbons (Fsp3) is 0.409. The van der Waals surface area contributed by atoms with Gasteiger partial charge in [0.25, 0.3) is 5.91 Å². The van der Waals surface area contributed by atoms with Gasteiger partial charge >= 0.3 is 0 Å². The van der Waals surface area contributed by atoms with Crippen LogP contribution >= 0.6 is 0 Å². The van der Waals surface area contributed by atoms with Crippen molar-refractivity contribution < 1.29 is 14.6 Å². The summed E-state index contributed by atoms with van der Waals surface area (Å²) in [6.45, 7) is 6.89. The highest BCUT2D eigenvalue weighted by Crippen LogP contribution is 2.21. The summed E-state index contributed by atoms with van der Waals surface area (Å²) < 4.78 is 5.91. The van der Waals surface area contributed by atoms with E-state index in [9.17, 15) is 9.90 Å². The van der Waals surface area contributed by atoms with Gasteiger partial charge < -0.3 is 14.7 Å². The molecule has 0 atom stereocenters. The number of hydrogen-bond donors (Lipinski definition) is 1. The van der Waals surface area contributed by atoms with Crippen LogP contribution in [-0.4, -0.2) is 40.7 Å². The van der Waals surface area contributed by atoms with E-state index in [1.54, 1.807) is 0 Å². The number of aryl methyl sites for hydroxylation is 2. The van der Waals surface area contributed by atoms with Crippen LogP contribution in [0.25, 0.3) is 0 Å². The van der Waals surface area contributed by atoms with Gasteiger partial charge in [-0.1, -0.05) is 24.3 Å². The van der Waals surface area contributed by atoms with Crippen LogP contribution in [-0.2, 0) is 6.42 Å². The molecule has 0 aliphatic carbocycles. The molecule has 0 spiro atoms. The number of hydrogen-bond acceptors (Lipinski definition) is 3. The highest BCUT2D eigenvalue weighted by Gasteiger charge is 2.32. The van der Waals surface area contributed by atoms with Crippen molar-refractivity contribution in [1.29, 1.82) is 0 Å². The minimum absolute atomic E-state index is 0.0446. The molecule has 2 aromatic rings. The summed E-state index contributed by atoms with van der Waals surface area (Å²) in [5, 5.41) is 9.81. The predicted octanol–water partition coefficient (Wildman–Crippen LogP) is 3.60. The Hall–Kier alpha value is -2.33. The normalized spacial score (nSPS) is 14.8. The van der Waals surface area contributed by atoms with Crippen molar-refractivity contribution in [3.8, 4) is 5.75 Å². The molecule has 0 radical (unpaired) electrons. The summed E-state index contributed by atoms with van der Waals surface area (Å²) in [4.78, 5) is 14.3. The molecule has 1 N–H and O–H groups in total. The van der Waals surface area contributed by atoms with Crippen LogP contribution in [0.1, 0.15) is 41.8 Å². The molecule has 1 fully saturated rings. The molecule has 2 aromatic carbocycles. The number of nitrogens with zero attached hydrogens (tertiary/aromatic N) is 1. The van der Waals surface area contributed by atoms with Crippen molar-refractivity contribution in [3.05, 3.63) is 65.2 Å². The molecule has 0 bridgehead atoms. The fourth-order valence-corrected chi connectivity index (χ4v) is 3.01. The molecule has 1 aliphatic rings. The summed E-state index contributed by atoms with van der Waals surface area (Å²) in [7, 11) is 0. The van der Waals surface area contributed by atoms with E-state index in [4.69, 9.17) is 4.74 Å². The summed E-state index contributed by atoms with van der Waals surface area (Å²) in [5.41, 5.74) is 2.33. The Morgan fingerprint density at radius 1 is 1.19 bits per heavy atom. The van der Waals surface area contributed by atoms with Gasteiger partial charge in [-0.05, 0) is 69.0 Å². The second-order valence-electron chi connectivity index (χ2n) is 7.78. The predicted molar refractivity (Wildman–Crippen MR) is 103 cm³/mol. The summed E-state index contributed by atoms with van der Waals surface area (Å²) in [6, 6.07) is 15.7. The maximum Gasteiger partial charge on any atom is 0.254 e. The quantitative estimate of drug-likeness (QED) is 0.863. The Kier molecular flexibility index (Phi) is 5.33. The van der Waals surface area contributed by atoms with Crippen LogP contribution in [0.2, 0.25) is 0 Å². The number of benzene rings is 2. The summed E-state index contributed by atoms with van der Waals surface area (Å²) in [5.74, 6) is 0.904. The molecule has 0 aromatic heterocycles. The molecule has 26 heavy (non-hydrogen) atoms. The molecule has 138 valence electrons. The number of rotatable bonds is 6. The Bertz CT molecular complexity index is 756. The zero-order valence-electron chi connectivity index (χ0n) is 15.7. The first kappa shape index (κ1) is 18.5. The lowest BCUT2D eigenvalue weighted by Crippen LogP contribution is -2.56. The lowest BCUT2D eigenvalue weighted by molar-refractivity contribution is 0.0177. The number of ether oxygens (including phenoxy) is 1. The maximum absolute atomic E-state index is 12.5. The van der Waals surface area contributed by atoms with Crippen molar-refractivity contribution in [1.82, 2.24) is 4.90 Å². The second-order valence-corrected chi connectivity index (χ2v) is 7.78. The number of carbonyl (C=O) groups excluding carboxylic acids is 1. The lowest BCUT2D eigenvalue weighted by atomic mass is 9.98. The Balaban J connectivity index is 1.50. The minimum Gasteiger partial charge on any atom is -0.487 e. The Morgan fingerprint density at radius 3 is 2.50 bits per heavy atom. The third kappa shape index (κ3) is 4.85. The second kappa shape index (κ2) is 7.50. The number of aliphatic hydroxyl groups is 1. The van der Waals surface area contributed by atoms with Crippen LogP contribution in [0.5, 0.6) is 5.75 Å². The monoisotopic (exact) mass is 353 g/mol. The zero-order chi connectivity index (χ0) is 18.7. The molecular formula is C22H27NO3. The van der Waals surface area contributed by atoms with Crippen molar-refractivity contribution in [3.63, 3.8) is 0 Å². The first-order valence-electron chi connectivity index (χ1n) is 9.14. The topological polar surface area (TPSA) is 49.8 Å². The number of likely N-dealkylation sites (tertiary alicyclic amines) is 1. The average Bonchev–Trinajstić information content (AvgIpc) is 2.55. The molecule has 4 nitrogen and oxygen atoms in total. The van der Waals surface area contributed by atoms with Gasteiger partial charge in [-0.15, -0.1) is 0 Å². The van der Waals surface area contributed by atoms with Crippen LogP contribution in [0.15, 0.2) is 48.5 Å². The molecule has 4 heteroatoms. The van der Waals surface area contributed by atoms with Gasteiger partial charge in [0.05, 0.1) is 18.7 Å². The minimum atomic E-state index is -0.668. The smallest absolute Gasteiger partial charge is 0.254 e. The van der Waals surface area contributed by atoms with Crippen molar-refractivity contribution in [2.24, 2.45) is 0 Å². The molecule has 1 aliphatic heterocycles. The number of amides is 1. The van der Waals surface area contributed by atoms with E-state index in [2.05, 4.69) is 0 Å².